The van der Waals surface area contributed by atoms with E-state index in [0.29, 0.717) is 0 Å². The van der Waals surface area contributed by atoms with Gasteiger partial charge in [-0.1, -0.05) is 26.8 Å². The van der Waals surface area contributed by atoms with Gasteiger partial charge in [-0.25, -0.2) is 0 Å². The molecule has 1 unspecified atom stereocenters. The van der Waals surface area contributed by atoms with Crippen molar-refractivity contribution in [3.63, 3.8) is 0 Å². The minimum absolute atomic E-state index is 0.00625. The summed E-state index contributed by atoms with van der Waals surface area (Å²) in [5, 5.41) is 19.1. The average molecular weight is 251 g/mol. The largest absolute Gasteiger partial charge is 0.504 e. The first kappa shape index (κ1) is 14.4. The Kier molecular flexibility index (Phi) is 3.89. The molecule has 18 heavy (non-hydrogen) atoms. The van der Waals surface area contributed by atoms with Gasteiger partial charge in [-0.05, 0) is 24.5 Å². The normalized spacial score (nSPS) is 13.2. The summed E-state index contributed by atoms with van der Waals surface area (Å²) in [4.78, 5) is 13.8. The first-order chi connectivity index (χ1) is 8.16. The molecule has 1 amide bonds. The number of benzene rings is 1. The lowest BCUT2D eigenvalue weighted by Crippen LogP contribution is -2.42. The van der Waals surface area contributed by atoms with Gasteiger partial charge in [-0.15, -0.1) is 0 Å². The van der Waals surface area contributed by atoms with Gasteiger partial charge in [-0.2, -0.15) is 0 Å². The lowest BCUT2D eigenvalue weighted by atomic mass is 9.87. The predicted molar refractivity (Wildman–Crippen MR) is 70.8 cm³/mol. The van der Waals surface area contributed by atoms with E-state index in [1.165, 1.54) is 18.2 Å². The van der Waals surface area contributed by atoms with Crippen LogP contribution in [0.5, 0.6) is 11.5 Å². The van der Waals surface area contributed by atoms with Gasteiger partial charge in [0, 0.05) is 13.1 Å². The Morgan fingerprint density at radius 2 is 1.83 bits per heavy atom. The van der Waals surface area contributed by atoms with Gasteiger partial charge in [0.05, 0.1) is 5.56 Å². The Bertz CT molecular complexity index is 449. The summed E-state index contributed by atoms with van der Waals surface area (Å²) in [5.41, 5.74) is 0.0604. The first-order valence-corrected chi connectivity index (χ1v) is 5.94. The number of aromatic hydroxyl groups is 2. The van der Waals surface area contributed by atoms with E-state index >= 15 is 0 Å². The molecule has 100 valence electrons. The molecule has 2 N–H and O–H groups in total. The highest BCUT2D eigenvalue weighted by Gasteiger charge is 2.29. The van der Waals surface area contributed by atoms with Crippen LogP contribution in [0.3, 0.4) is 0 Å². The maximum atomic E-state index is 12.3. The third kappa shape index (κ3) is 2.75. The highest BCUT2D eigenvalue weighted by atomic mass is 16.3. The van der Waals surface area contributed by atoms with Crippen LogP contribution in [0.2, 0.25) is 0 Å². The van der Waals surface area contributed by atoms with E-state index in [1.54, 1.807) is 11.9 Å². The lowest BCUT2D eigenvalue weighted by Gasteiger charge is -2.35. The molecular formula is C14H21NO3. The minimum Gasteiger partial charge on any atom is -0.504 e. The van der Waals surface area contributed by atoms with Crippen LogP contribution in [-0.4, -0.2) is 34.1 Å². The molecule has 0 bridgehead atoms. The van der Waals surface area contributed by atoms with Crippen molar-refractivity contribution in [2.45, 2.75) is 33.7 Å². The number of para-hydroxylation sites is 1. The molecule has 0 aliphatic rings. The van der Waals surface area contributed by atoms with Crippen LogP contribution in [0.4, 0.5) is 0 Å². The molecule has 0 spiro atoms. The SMILES string of the molecule is CC(N(C)C(=O)c1cccc(O)c1O)C(C)(C)C. The van der Waals surface area contributed by atoms with Gasteiger partial charge in [0.15, 0.2) is 11.5 Å². The summed E-state index contributed by atoms with van der Waals surface area (Å²) in [6, 6.07) is 4.40. The van der Waals surface area contributed by atoms with Crippen molar-refractivity contribution >= 4 is 5.91 Å². The van der Waals surface area contributed by atoms with Crippen molar-refractivity contribution in [2.75, 3.05) is 7.05 Å². The summed E-state index contributed by atoms with van der Waals surface area (Å²) >= 11 is 0. The fourth-order valence-corrected chi connectivity index (χ4v) is 1.65. The molecule has 0 aromatic heterocycles. The Balaban J connectivity index is 3.05. The second-order valence-corrected chi connectivity index (χ2v) is 5.63. The number of nitrogens with zero attached hydrogens (tertiary/aromatic N) is 1. The standard InChI is InChI=1S/C14H21NO3/c1-9(14(2,3)4)15(5)13(18)10-7-6-8-11(16)12(10)17/h6-9,16-17H,1-5H3. The molecule has 0 heterocycles. The quantitative estimate of drug-likeness (QED) is 0.794. The summed E-state index contributed by atoms with van der Waals surface area (Å²) in [6.45, 7) is 8.09. The zero-order chi connectivity index (χ0) is 14.1. The predicted octanol–water partition coefficient (Wildman–Crippen LogP) is 2.60. The van der Waals surface area contributed by atoms with Gasteiger partial charge in [-0.3, -0.25) is 4.79 Å². The number of hydrogen-bond acceptors (Lipinski definition) is 3. The van der Waals surface area contributed by atoms with Crippen molar-refractivity contribution in [1.82, 2.24) is 4.90 Å². The van der Waals surface area contributed by atoms with Crippen LogP contribution in [0.25, 0.3) is 0 Å². The van der Waals surface area contributed by atoms with Gasteiger partial charge < -0.3 is 15.1 Å². The van der Waals surface area contributed by atoms with Crippen molar-refractivity contribution in [3.05, 3.63) is 23.8 Å². The number of carbonyl (C=O) groups excluding carboxylic acids is 1. The first-order valence-electron chi connectivity index (χ1n) is 5.94. The van der Waals surface area contributed by atoms with E-state index in [4.69, 9.17) is 0 Å². The Morgan fingerprint density at radius 1 is 1.28 bits per heavy atom. The summed E-state index contributed by atoms with van der Waals surface area (Å²) < 4.78 is 0. The highest BCUT2D eigenvalue weighted by molar-refractivity contribution is 5.97. The molecule has 0 saturated heterocycles. The molecule has 1 atom stereocenters. The number of phenols is 2. The number of rotatable bonds is 2. The van der Waals surface area contributed by atoms with E-state index in [2.05, 4.69) is 0 Å². The van der Waals surface area contributed by atoms with Crippen molar-refractivity contribution in [3.8, 4) is 11.5 Å². The monoisotopic (exact) mass is 251 g/mol. The number of carbonyl (C=O) groups is 1. The zero-order valence-electron chi connectivity index (χ0n) is 11.6. The van der Waals surface area contributed by atoms with Crippen LogP contribution in [0.1, 0.15) is 38.1 Å². The molecule has 0 radical (unpaired) electrons. The van der Waals surface area contributed by atoms with Crippen LogP contribution < -0.4 is 0 Å². The Morgan fingerprint density at radius 3 is 2.33 bits per heavy atom. The van der Waals surface area contributed by atoms with E-state index in [1.807, 2.05) is 27.7 Å². The van der Waals surface area contributed by atoms with Crippen molar-refractivity contribution < 1.29 is 15.0 Å². The number of hydrogen-bond donors (Lipinski definition) is 2. The van der Waals surface area contributed by atoms with Crippen LogP contribution in [-0.2, 0) is 0 Å². The molecule has 0 fully saturated rings. The summed E-state index contributed by atoms with van der Waals surface area (Å²) in [7, 11) is 1.70. The Labute approximate surface area is 108 Å². The second kappa shape index (κ2) is 4.88. The van der Waals surface area contributed by atoms with Crippen molar-refractivity contribution in [1.29, 1.82) is 0 Å². The molecule has 1 aromatic rings. The van der Waals surface area contributed by atoms with Crippen LogP contribution in [0, 0.1) is 5.41 Å². The summed E-state index contributed by atoms with van der Waals surface area (Å²) in [5.74, 6) is -0.945. The fraction of sp³-hybridized carbons (Fsp3) is 0.500. The molecular weight excluding hydrogens is 230 g/mol. The lowest BCUT2D eigenvalue weighted by molar-refractivity contribution is 0.0625. The number of amides is 1. The molecule has 0 saturated carbocycles. The zero-order valence-corrected chi connectivity index (χ0v) is 11.6. The molecule has 0 aliphatic carbocycles. The van der Waals surface area contributed by atoms with E-state index in [-0.39, 0.29) is 34.4 Å². The third-order valence-corrected chi connectivity index (χ3v) is 3.40. The molecule has 4 nitrogen and oxygen atoms in total. The second-order valence-electron chi connectivity index (χ2n) is 5.63. The third-order valence-electron chi connectivity index (χ3n) is 3.40. The fourth-order valence-electron chi connectivity index (χ4n) is 1.65. The van der Waals surface area contributed by atoms with E-state index in [0.717, 1.165) is 0 Å². The van der Waals surface area contributed by atoms with Crippen LogP contribution in [0.15, 0.2) is 18.2 Å². The van der Waals surface area contributed by atoms with Gasteiger partial charge in [0.2, 0.25) is 0 Å². The van der Waals surface area contributed by atoms with E-state index in [9.17, 15) is 15.0 Å². The van der Waals surface area contributed by atoms with Gasteiger partial charge in [0.1, 0.15) is 0 Å². The average Bonchev–Trinajstić information content (AvgIpc) is 2.28. The van der Waals surface area contributed by atoms with E-state index < -0.39 is 0 Å². The Hall–Kier alpha value is -1.71. The van der Waals surface area contributed by atoms with Gasteiger partial charge >= 0.3 is 0 Å². The van der Waals surface area contributed by atoms with Crippen LogP contribution >= 0.6 is 0 Å². The number of phenolic OH excluding ortho intramolecular Hbond substituents is 2. The highest BCUT2D eigenvalue weighted by Crippen LogP contribution is 2.31. The smallest absolute Gasteiger partial charge is 0.257 e. The van der Waals surface area contributed by atoms with Gasteiger partial charge in [0.25, 0.3) is 5.91 Å². The molecule has 1 aromatic carbocycles. The van der Waals surface area contributed by atoms with Crippen molar-refractivity contribution in [2.24, 2.45) is 5.41 Å². The summed E-state index contributed by atoms with van der Waals surface area (Å²) in [6.07, 6.45) is 0. The molecule has 4 heteroatoms. The minimum atomic E-state index is -0.365. The molecule has 0 aliphatic heterocycles. The molecule has 1 rings (SSSR count). The topological polar surface area (TPSA) is 60.8 Å². The maximum absolute atomic E-state index is 12.3. The maximum Gasteiger partial charge on any atom is 0.257 e.